The molecule has 1 aliphatic rings. The molecule has 1 heterocycles. The number of halogens is 1. The van der Waals surface area contributed by atoms with Crippen molar-refractivity contribution in [2.45, 2.75) is 6.04 Å². The normalized spacial score (nSPS) is 14.2. The lowest BCUT2D eigenvalue weighted by molar-refractivity contribution is -0.136. The second kappa shape index (κ2) is 6.32. The van der Waals surface area contributed by atoms with E-state index < -0.39 is 29.5 Å². The van der Waals surface area contributed by atoms with Gasteiger partial charge in [0.2, 0.25) is 0 Å². The molecular formula is C19H14FNO4. The molecule has 0 saturated carbocycles. The zero-order valence-corrected chi connectivity index (χ0v) is 13.4. The summed E-state index contributed by atoms with van der Waals surface area (Å²) in [7, 11) is 1.19. The quantitative estimate of drug-likeness (QED) is 0.488. The Labute approximate surface area is 143 Å². The maximum Gasteiger partial charge on any atom is 0.335 e. The molecule has 0 fully saturated rings. The van der Waals surface area contributed by atoms with E-state index in [-0.39, 0.29) is 16.8 Å². The van der Waals surface area contributed by atoms with Crippen molar-refractivity contribution in [3.63, 3.8) is 0 Å². The largest absolute Gasteiger partial charge is 0.466 e. The van der Waals surface area contributed by atoms with Gasteiger partial charge >= 0.3 is 5.97 Å². The van der Waals surface area contributed by atoms with Crippen LogP contribution in [0.4, 0.5) is 10.1 Å². The molecule has 1 amide bonds. The molecule has 3 rings (SSSR count). The van der Waals surface area contributed by atoms with Gasteiger partial charge < -0.3 is 4.74 Å². The van der Waals surface area contributed by atoms with Crippen molar-refractivity contribution < 1.29 is 23.5 Å². The molecule has 2 aromatic carbocycles. The first kappa shape index (κ1) is 16.6. The van der Waals surface area contributed by atoms with E-state index in [1.165, 1.54) is 13.2 Å². The van der Waals surface area contributed by atoms with E-state index in [2.05, 4.69) is 6.58 Å². The number of amides is 1. The van der Waals surface area contributed by atoms with Crippen molar-refractivity contribution in [1.29, 1.82) is 0 Å². The number of carbonyl (C=O) groups is 3. The topological polar surface area (TPSA) is 63.7 Å². The van der Waals surface area contributed by atoms with Gasteiger partial charge in [0.15, 0.2) is 0 Å². The molecule has 5 nitrogen and oxygen atoms in total. The summed E-state index contributed by atoms with van der Waals surface area (Å²) in [4.78, 5) is 37.9. The number of rotatable bonds is 4. The fourth-order valence-electron chi connectivity index (χ4n) is 2.87. The lowest BCUT2D eigenvalue weighted by atomic mass is 9.97. The van der Waals surface area contributed by atoms with E-state index in [9.17, 15) is 18.8 Å². The highest BCUT2D eigenvalue weighted by Gasteiger charge is 2.42. The summed E-state index contributed by atoms with van der Waals surface area (Å²) in [6, 6.07) is 11.1. The molecule has 1 atom stereocenters. The van der Waals surface area contributed by atoms with Crippen LogP contribution < -0.4 is 4.90 Å². The summed E-state index contributed by atoms with van der Waals surface area (Å²) in [6.45, 7) is 3.73. The van der Waals surface area contributed by atoms with Gasteiger partial charge in [-0.2, -0.15) is 0 Å². The summed E-state index contributed by atoms with van der Waals surface area (Å²) < 4.78 is 18.4. The van der Waals surface area contributed by atoms with Crippen molar-refractivity contribution >= 4 is 23.3 Å². The molecule has 126 valence electrons. The van der Waals surface area contributed by atoms with Crippen LogP contribution in [0.2, 0.25) is 0 Å². The van der Waals surface area contributed by atoms with E-state index in [0.717, 1.165) is 17.0 Å². The first-order valence-corrected chi connectivity index (χ1v) is 7.45. The van der Waals surface area contributed by atoms with Crippen molar-refractivity contribution in [3.05, 3.63) is 77.6 Å². The molecule has 0 bridgehead atoms. The second-order valence-corrected chi connectivity index (χ2v) is 5.50. The van der Waals surface area contributed by atoms with E-state index in [1.54, 1.807) is 30.3 Å². The summed E-state index contributed by atoms with van der Waals surface area (Å²) in [6.07, 6.45) is 0. The van der Waals surface area contributed by atoms with Crippen LogP contribution in [0.3, 0.4) is 0 Å². The highest BCUT2D eigenvalue weighted by Crippen LogP contribution is 2.39. The van der Waals surface area contributed by atoms with Crippen LogP contribution in [0.5, 0.6) is 0 Å². The molecule has 0 radical (unpaired) electrons. The van der Waals surface area contributed by atoms with Crippen LogP contribution in [0.25, 0.3) is 0 Å². The number of carbonyl (C=O) groups excluding carboxylic acids is 3. The molecule has 0 N–H and O–H groups in total. The van der Waals surface area contributed by atoms with E-state index in [0.29, 0.717) is 5.56 Å². The number of anilines is 1. The predicted octanol–water partition coefficient (Wildman–Crippen LogP) is 2.83. The Hall–Kier alpha value is -3.28. The van der Waals surface area contributed by atoms with Gasteiger partial charge in [0.05, 0.1) is 30.0 Å². The number of ether oxygens (including phenoxy) is 1. The molecule has 0 unspecified atom stereocenters. The zero-order chi connectivity index (χ0) is 18.1. The number of hydrogen-bond donors (Lipinski definition) is 0. The van der Waals surface area contributed by atoms with Crippen molar-refractivity contribution in [1.82, 2.24) is 0 Å². The van der Waals surface area contributed by atoms with Crippen LogP contribution in [0, 0.1) is 5.82 Å². The molecule has 25 heavy (non-hydrogen) atoms. The Kier molecular flexibility index (Phi) is 4.19. The SMILES string of the molecule is C=C(C(=O)OC)[C@H](c1ccccc1)N1C(=O)C(=O)c2ccc(F)cc21. The fraction of sp³-hybridized carbons (Fsp3) is 0.105. The van der Waals surface area contributed by atoms with E-state index in [1.807, 2.05) is 0 Å². The van der Waals surface area contributed by atoms with Crippen molar-refractivity contribution in [3.8, 4) is 0 Å². The lowest BCUT2D eigenvalue weighted by Crippen LogP contribution is -2.36. The van der Waals surface area contributed by atoms with Gasteiger partial charge in [-0.1, -0.05) is 36.9 Å². The Morgan fingerprint density at radius 3 is 2.48 bits per heavy atom. The smallest absolute Gasteiger partial charge is 0.335 e. The van der Waals surface area contributed by atoms with E-state index in [4.69, 9.17) is 4.74 Å². The number of benzene rings is 2. The lowest BCUT2D eigenvalue weighted by Gasteiger charge is -2.29. The van der Waals surface area contributed by atoms with Crippen LogP contribution in [0.1, 0.15) is 22.0 Å². The average molecular weight is 339 g/mol. The molecule has 0 aromatic heterocycles. The second-order valence-electron chi connectivity index (χ2n) is 5.50. The predicted molar refractivity (Wildman–Crippen MR) is 88.6 cm³/mol. The molecule has 0 spiro atoms. The standard InChI is InChI=1S/C19H14FNO4/c1-11(19(24)25-2)16(12-6-4-3-5-7-12)21-15-10-13(20)8-9-14(15)17(22)18(21)23/h3-10,16H,1H2,2H3/t16-/m1/s1. The number of esters is 1. The Balaban J connectivity index is 2.19. The summed E-state index contributed by atoms with van der Waals surface area (Å²) in [5.41, 5.74) is 0.710. The Bertz CT molecular complexity index is 892. The zero-order valence-electron chi connectivity index (χ0n) is 13.4. The van der Waals surface area contributed by atoms with Crippen LogP contribution in [-0.2, 0) is 14.3 Å². The highest BCUT2D eigenvalue weighted by molar-refractivity contribution is 6.52. The number of ketones is 1. The number of methoxy groups -OCH3 is 1. The van der Waals surface area contributed by atoms with Crippen LogP contribution in [0.15, 0.2) is 60.7 Å². The third-order valence-electron chi connectivity index (χ3n) is 4.03. The summed E-state index contributed by atoms with van der Waals surface area (Å²) in [5.74, 6) is -2.92. The van der Waals surface area contributed by atoms with Crippen LogP contribution >= 0.6 is 0 Å². The molecule has 2 aromatic rings. The molecule has 0 aliphatic carbocycles. The van der Waals surface area contributed by atoms with Gasteiger partial charge in [0.25, 0.3) is 11.7 Å². The number of hydrogen-bond acceptors (Lipinski definition) is 4. The van der Waals surface area contributed by atoms with Gasteiger partial charge in [-0.3, -0.25) is 14.5 Å². The molecule has 1 aliphatic heterocycles. The van der Waals surface area contributed by atoms with Gasteiger partial charge in [-0.15, -0.1) is 0 Å². The summed E-state index contributed by atoms with van der Waals surface area (Å²) in [5, 5.41) is 0. The van der Waals surface area contributed by atoms with Gasteiger partial charge in [0, 0.05) is 0 Å². The van der Waals surface area contributed by atoms with Gasteiger partial charge in [0.1, 0.15) is 5.82 Å². The van der Waals surface area contributed by atoms with Crippen molar-refractivity contribution in [2.75, 3.05) is 12.0 Å². The van der Waals surface area contributed by atoms with Crippen LogP contribution in [-0.4, -0.2) is 24.8 Å². The number of Topliss-reactive ketones (excluding diaryl/α,β-unsaturated/α-hetero) is 1. The Morgan fingerprint density at radius 1 is 1.16 bits per heavy atom. The highest BCUT2D eigenvalue weighted by atomic mass is 19.1. The first-order chi connectivity index (χ1) is 12.0. The number of fused-ring (bicyclic) bond motifs is 1. The monoisotopic (exact) mass is 339 g/mol. The van der Waals surface area contributed by atoms with Crippen molar-refractivity contribution in [2.24, 2.45) is 0 Å². The third-order valence-corrected chi connectivity index (χ3v) is 4.03. The molecular weight excluding hydrogens is 325 g/mol. The maximum atomic E-state index is 13.7. The minimum absolute atomic E-state index is 0.0352. The maximum absolute atomic E-state index is 13.7. The minimum Gasteiger partial charge on any atom is -0.466 e. The average Bonchev–Trinajstić information content (AvgIpc) is 2.86. The summed E-state index contributed by atoms with van der Waals surface area (Å²) >= 11 is 0. The Morgan fingerprint density at radius 2 is 1.84 bits per heavy atom. The minimum atomic E-state index is -0.979. The van der Waals surface area contributed by atoms with Gasteiger partial charge in [-0.25, -0.2) is 9.18 Å². The first-order valence-electron chi connectivity index (χ1n) is 7.45. The fourth-order valence-corrected chi connectivity index (χ4v) is 2.87. The van der Waals surface area contributed by atoms with E-state index >= 15 is 0 Å². The third kappa shape index (κ3) is 2.71. The number of nitrogens with zero attached hydrogens (tertiary/aromatic N) is 1. The van der Waals surface area contributed by atoms with Gasteiger partial charge in [-0.05, 0) is 23.8 Å². The molecule has 0 saturated heterocycles. The molecule has 6 heteroatoms.